The summed E-state index contributed by atoms with van der Waals surface area (Å²) >= 11 is 0. The number of piperidine rings is 1. The molecule has 0 aliphatic carbocycles. The average molecular weight is 389 g/mol. The summed E-state index contributed by atoms with van der Waals surface area (Å²) in [4.78, 5) is 3.86. The summed E-state index contributed by atoms with van der Waals surface area (Å²) in [5.74, 6) is -0.481. The van der Waals surface area contributed by atoms with Gasteiger partial charge in [-0.25, -0.2) is 22.3 Å². The first-order chi connectivity index (χ1) is 12.9. The number of hydrogen-bond donors (Lipinski definition) is 0. The van der Waals surface area contributed by atoms with Crippen molar-refractivity contribution in [3.63, 3.8) is 0 Å². The molecule has 3 aromatic rings. The summed E-state index contributed by atoms with van der Waals surface area (Å²) in [6.45, 7) is 0.475. The fourth-order valence-electron chi connectivity index (χ4n) is 3.43. The van der Waals surface area contributed by atoms with E-state index >= 15 is 0 Å². The Morgan fingerprint density at radius 2 is 2.04 bits per heavy atom. The second-order valence-electron chi connectivity index (χ2n) is 6.41. The molecule has 27 heavy (non-hydrogen) atoms. The quantitative estimate of drug-likeness (QED) is 0.662. The van der Waals surface area contributed by atoms with Crippen LogP contribution < -0.4 is 0 Å². The summed E-state index contributed by atoms with van der Waals surface area (Å²) in [6.07, 6.45) is 5.10. The first kappa shape index (κ1) is 17.6. The number of nitrogens with zero attached hydrogens (tertiary/aromatic N) is 7. The highest BCUT2D eigenvalue weighted by atomic mass is 32.2. The molecule has 0 bridgehead atoms. The molecule has 0 atom stereocenters. The summed E-state index contributed by atoms with van der Waals surface area (Å²) in [5, 5.41) is 17.1. The Labute approximate surface area is 154 Å². The van der Waals surface area contributed by atoms with Gasteiger partial charge in [0, 0.05) is 38.0 Å². The van der Waals surface area contributed by atoms with Crippen molar-refractivity contribution >= 4 is 15.7 Å². The highest BCUT2D eigenvalue weighted by Gasteiger charge is 2.34. The summed E-state index contributed by atoms with van der Waals surface area (Å²) < 4.78 is 44.2. The van der Waals surface area contributed by atoms with E-state index in [0.29, 0.717) is 24.1 Å². The van der Waals surface area contributed by atoms with Gasteiger partial charge in [-0.05, 0) is 18.8 Å². The monoisotopic (exact) mass is 389 g/mol. The van der Waals surface area contributed by atoms with E-state index in [1.165, 1.54) is 39.1 Å². The molecule has 4 rings (SSSR count). The van der Waals surface area contributed by atoms with Crippen LogP contribution in [0.25, 0.3) is 5.65 Å². The number of sulfonamides is 1. The van der Waals surface area contributed by atoms with E-state index in [1.807, 2.05) is 6.07 Å². The smallest absolute Gasteiger partial charge is 0.247 e. The van der Waals surface area contributed by atoms with Crippen LogP contribution in [0.1, 0.15) is 30.0 Å². The van der Waals surface area contributed by atoms with E-state index < -0.39 is 10.0 Å². The highest BCUT2D eigenvalue weighted by Crippen LogP contribution is 2.32. The maximum absolute atomic E-state index is 14.4. The lowest BCUT2D eigenvalue weighted by Crippen LogP contribution is -2.38. The van der Waals surface area contributed by atoms with Crippen LogP contribution in [-0.4, -0.2) is 50.2 Å². The molecule has 0 radical (unpaired) electrons. The van der Waals surface area contributed by atoms with Crippen molar-refractivity contribution in [1.82, 2.24) is 28.7 Å². The van der Waals surface area contributed by atoms with Gasteiger partial charge < -0.3 is 0 Å². The second-order valence-corrected chi connectivity index (χ2v) is 8.32. The Morgan fingerprint density at radius 3 is 2.74 bits per heavy atom. The fraction of sp³-hybridized carbons (Fsp3) is 0.375. The number of rotatable bonds is 3. The third-order valence-corrected chi connectivity index (χ3v) is 6.82. The number of nitriles is 1. The lowest BCUT2D eigenvalue weighted by molar-refractivity contribution is 0.315. The maximum Gasteiger partial charge on any atom is 0.247 e. The lowest BCUT2D eigenvalue weighted by atomic mass is 9.91. The molecule has 0 saturated carbocycles. The molecule has 11 heteroatoms. The number of fused-ring (bicyclic) bond motifs is 1. The van der Waals surface area contributed by atoms with E-state index in [0.717, 1.165) is 0 Å². The average Bonchev–Trinajstić information content (AvgIpc) is 3.26. The molecule has 0 unspecified atom stereocenters. The first-order valence-corrected chi connectivity index (χ1v) is 9.77. The molecule has 1 fully saturated rings. The number of pyridine rings is 1. The highest BCUT2D eigenvalue weighted by molar-refractivity contribution is 7.89. The Kier molecular flexibility index (Phi) is 4.16. The minimum Gasteiger partial charge on any atom is -0.257 e. The van der Waals surface area contributed by atoms with Crippen molar-refractivity contribution in [1.29, 1.82) is 5.26 Å². The molecule has 4 heterocycles. The number of hydrogen-bond acceptors (Lipinski definition) is 6. The predicted molar refractivity (Wildman–Crippen MR) is 91.6 cm³/mol. The van der Waals surface area contributed by atoms with E-state index in [9.17, 15) is 18.1 Å². The largest absolute Gasteiger partial charge is 0.257 e. The van der Waals surface area contributed by atoms with Crippen LogP contribution >= 0.6 is 0 Å². The zero-order valence-electron chi connectivity index (χ0n) is 14.4. The Balaban J connectivity index is 1.56. The van der Waals surface area contributed by atoms with E-state index in [4.69, 9.17) is 0 Å². The van der Waals surface area contributed by atoms with E-state index in [1.54, 1.807) is 6.20 Å². The first-order valence-electron chi connectivity index (χ1n) is 8.33. The maximum atomic E-state index is 14.4. The number of aryl methyl sites for hydroxylation is 1. The fourth-order valence-corrected chi connectivity index (χ4v) is 5.00. The van der Waals surface area contributed by atoms with E-state index in [2.05, 4.69) is 15.2 Å². The van der Waals surface area contributed by atoms with Gasteiger partial charge in [-0.2, -0.15) is 19.8 Å². The van der Waals surface area contributed by atoms with Gasteiger partial charge in [0.1, 0.15) is 23.1 Å². The minimum atomic E-state index is -3.82. The zero-order chi connectivity index (χ0) is 19.2. The van der Waals surface area contributed by atoms with Gasteiger partial charge in [-0.3, -0.25) is 4.68 Å². The molecule has 0 amide bonds. The van der Waals surface area contributed by atoms with Gasteiger partial charge in [-0.15, -0.1) is 0 Å². The van der Waals surface area contributed by atoms with Crippen molar-refractivity contribution < 1.29 is 12.8 Å². The van der Waals surface area contributed by atoms with Crippen molar-refractivity contribution in [2.75, 3.05) is 13.1 Å². The molecule has 1 aliphatic heterocycles. The minimum absolute atomic E-state index is 0.000184. The molecule has 3 aromatic heterocycles. The summed E-state index contributed by atoms with van der Waals surface area (Å²) in [5.41, 5.74) is 0.931. The molecule has 140 valence electrons. The van der Waals surface area contributed by atoms with Crippen LogP contribution in [-0.2, 0) is 17.1 Å². The standard InChI is InChI=1S/C16H16FN7O2S/c1-22-14(7-18)15(8-20-22)27(25,26)23-4-2-11(3-5-23)12-9-24-16(6-13(12)17)19-10-21-24/h6,8-11H,2-5H2,1H3. The van der Waals surface area contributed by atoms with Crippen molar-refractivity contribution in [3.8, 4) is 6.07 Å². The zero-order valence-corrected chi connectivity index (χ0v) is 15.3. The van der Waals surface area contributed by atoms with Gasteiger partial charge in [-0.1, -0.05) is 0 Å². The van der Waals surface area contributed by atoms with Crippen LogP contribution in [0.4, 0.5) is 4.39 Å². The normalized spacial score (nSPS) is 16.6. The second kappa shape index (κ2) is 6.40. The van der Waals surface area contributed by atoms with Crippen LogP contribution in [0.5, 0.6) is 0 Å². The molecule has 1 aliphatic rings. The van der Waals surface area contributed by atoms with E-state index in [-0.39, 0.29) is 35.4 Å². The van der Waals surface area contributed by atoms with Crippen LogP contribution in [0.3, 0.4) is 0 Å². The lowest BCUT2D eigenvalue weighted by Gasteiger charge is -2.31. The third-order valence-electron chi connectivity index (χ3n) is 4.92. The van der Waals surface area contributed by atoms with Gasteiger partial charge in [0.05, 0.1) is 6.20 Å². The molecular formula is C16H16FN7O2S. The SMILES string of the molecule is Cn1ncc(S(=O)(=O)N2CCC(c3cn4ncnc4cc3F)CC2)c1C#N. The van der Waals surface area contributed by atoms with Crippen LogP contribution in [0, 0.1) is 17.1 Å². The number of halogens is 1. The molecule has 0 spiro atoms. The summed E-state index contributed by atoms with van der Waals surface area (Å²) in [7, 11) is -2.30. The Bertz CT molecular complexity index is 1150. The third kappa shape index (κ3) is 2.87. The van der Waals surface area contributed by atoms with Crippen LogP contribution in [0.2, 0.25) is 0 Å². The summed E-state index contributed by atoms with van der Waals surface area (Å²) in [6, 6.07) is 3.21. The Morgan fingerprint density at radius 1 is 1.30 bits per heavy atom. The van der Waals surface area contributed by atoms with Gasteiger partial charge in [0.2, 0.25) is 10.0 Å². The topological polar surface area (TPSA) is 109 Å². The van der Waals surface area contributed by atoms with Gasteiger partial charge in [0.15, 0.2) is 11.3 Å². The molecule has 1 saturated heterocycles. The van der Waals surface area contributed by atoms with Crippen LogP contribution in [0.15, 0.2) is 29.7 Å². The predicted octanol–water partition coefficient (Wildman–Crippen LogP) is 1.04. The molecule has 0 aromatic carbocycles. The molecule has 9 nitrogen and oxygen atoms in total. The van der Waals surface area contributed by atoms with Gasteiger partial charge >= 0.3 is 0 Å². The number of aromatic nitrogens is 5. The molecular weight excluding hydrogens is 373 g/mol. The van der Waals surface area contributed by atoms with Crippen molar-refractivity contribution in [3.05, 3.63) is 41.9 Å². The van der Waals surface area contributed by atoms with Crippen molar-refractivity contribution in [2.45, 2.75) is 23.7 Å². The molecule has 0 N–H and O–H groups in total. The Hall–Kier alpha value is -2.84. The van der Waals surface area contributed by atoms with Crippen molar-refractivity contribution in [2.24, 2.45) is 7.05 Å². The van der Waals surface area contributed by atoms with Gasteiger partial charge in [0.25, 0.3) is 0 Å².